The van der Waals surface area contributed by atoms with Crippen LogP contribution in [-0.2, 0) is 9.47 Å². The minimum atomic E-state index is -0.475. The number of carbonyl (C=O) groups is 1. The Labute approximate surface area is 118 Å². The van der Waals surface area contributed by atoms with Crippen LogP contribution in [0.1, 0.15) is 30.6 Å². The summed E-state index contributed by atoms with van der Waals surface area (Å²) in [6.07, 6.45) is 0.389. The van der Waals surface area contributed by atoms with E-state index in [0.29, 0.717) is 36.7 Å². The summed E-state index contributed by atoms with van der Waals surface area (Å²) >= 11 is 0. The van der Waals surface area contributed by atoms with E-state index in [-0.39, 0.29) is 12.6 Å². The summed E-state index contributed by atoms with van der Waals surface area (Å²) < 4.78 is 21.4. The molecule has 2 rings (SSSR count). The van der Waals surface area contributed by atoms with Gasteiger partial charge in [-0.25, -0.2) is 0 Å². The van der Waals surface area contributed by atoms with E-state index in [2.05, 4.69) is 0 Å². The molecule has 1 aliphatic heterocycles. The van der Waals surface area contributed by atoms with Crippen LogP contribution in [0, 0.1) is 0 Å². The molecule has 0 radical (unpaired) electrons. The van der Waals surface area contributed by atoms with Crippen molar-refractivity contribution < 1.29 is 23.7 Å². The van der Waals surface area contributed by atoms with Crippen LogP contribution in [0.4, 0.5) is 0 Å². The number of ketones is 1. The average molecular weight is 280 g/mol. The summed E-state index contributed by atoms with van der Waals surface area (Å²) in [5.74, 6) is 1.28. The van der Waals surface area contributed by atoms with Crippen LogP contribution in [-0.4, -0.2) is 38.5 Å². The first-order valence-electron chi connectivity index (χ1n) is 6.57. The Morgan fingerprint density at radius 1 is 1.30 bits per heavy atom. The van der Waals surface area contributed by atoms with Gasteiger partial charge in [0, 0.05) is 13.2 Å². The number of rotatable bonds is 6. The fourth-order valence-corrected chi connectivity index (χ4v) is 2.03. The quantitative estimate of drug-likeness (QED) is 0.591. The lowest BCUT2D eigenvalue weighted by molar-refractivity contribution is -0.00872. The topological polar surface area (TPSA) is 54.0 Å². The molecule has 0 saturated carbocycles. The molecule has 1 aromatic carbocycles. The molecular weight excluding hydrogens is 260 g/mol. The molecule has 0 saturated heterocycles. The van der Waals surface area contributed by atoms with Crippen LogP contribution in [0.15, 0.2) is 18.2 Å². The summed E-state index contributed by atoms with van der Waals surface area (Å²) in [4.78, 5) is 12.0. The summed E-state index contributed by atoms with van der Waals surface area (Å²) in [6, 6.07) is 5.21. The third kappa shape index (κ3) is 3.71. The Hall–Kier alpha value is -1.59. The molecule has 20 heavy (non-hydrogen) atoms. The third-order valence-corrected chi connectivity index (χ3v) is 2.97. The standard InChI is InChI=1S/C15H20O5/c1-15(2)9-13(16)12-5-4-11(8-14(12)20-15)19-10-18-7-6-17-3/h4-5,8H,6-7,9-10H2,1-3H3. The van der Waals surface area contributed by atoms with E-state index in [4.69, 9.17) is 18.9 Å². The van der Waals surface area contributed by atoms with Crippen molar-refractivity contribution in [3.63, 3.8) is 0 Å². The van der Waals surface area contributed by atoms with E-state index < -0.39 is 5.60 Å². The number of carbonyl (C=O) groups excluding carboxylic acids is 1. The predicted octanol–water partition coefficient (Wildman–Crippen LogP) is 2.43. The third-order valence-electron chi connectivity index (χ3n) is 2.97. The maximum atomic E-state index is 12.0. The van der Waals surface area contributed by atoms with Crippen LogP contribution in [0.3, 0.4) is 0 Å². The second-order valence-corrected chi connectivity index (χ2v) is 5.28. The average Bonchev–Trinajstić information content (AvgIpc) is 2.36. The van der Waals surface area contributed by atoms with Crippen molar-refractivity contribution in [2.24, 2.45) is 0 Å². The Kier molecular flexibility index (Phi) is 4.62. The molecule has 0 amide bonds. The fraction of sp³-hybridized carbons (Fsp3) is 0.533. The second kappa shape index (κ2) is 6.24. The molecule has 0 atom stereocenters. The van der Waals surface area contributed by atoms with Crippen LogP contribution >= 0.6 is 0 Å². The van der Waals surface area contributed by atoms with Crippen molar-refractivity contribution in [1.82, 2.24) is 0 Å². The zero-order chi connectivity index (χ0) is 14.6. The first kappa shape index (κ1) is 14.8. The largest absolute Gasteiger partial charge is 0.486 e. The maximum absolute atomic E-state index is 12.0. The minimum absolute atomic E-state index is 0.0964. The van der Waals surface area contributed by atoms with E-state index in [1.807, 2.05) is 13.8 Å². The molecule has 0 spiro atoms. The zero-order valence-corrected chi connectivity index (χ0v) is 12.1. The molecule has 0 bridgehead atoms. The van der Waals surface area contributed by atoms with Gasteiger partial charge in [-0.15, -0.1) is 0 Å². The van der Waals surface area contributed by atoms with Crippen LogP contribution in [0.25, 0.3) is 0 Å². The van der Waals surface area contributed by atoms with Gasteiger partial charge in [0.15, 0.2) is 12.6 Å². The highest BCUT2D eigenvalue weighted by Gasteiger charge is 2.32. The number of Topliss-reactive ketones (excluding diaryl/α,β-unsaturated/α-hetero) is 1. The molecule has 0 N–H and O–H groups in total. The van der Waals surface area contributed by atoms with Gasteiger partial charge in [-0.2, -0.15) is 0 Å². The van der Waals surface area contributed by atoms with Gasteiger partial charge < -0.3 is 18.9 Å². The molecule has 5 heteroatoms. The summed E-state index contributed by atoms with van der Waals surface area (Å²) in [5, 5.41) is 0. The van der Waals surface area contributed by atoms with Gasteiger partial charge in [0.1, 0.15) is 17.1 Å². The number of fused-ring (bicyclic) bond motifs is 1. The SMILES string of the molecule is COCCOCOc1ccc2c(c1)OC(C)(C)CC2=O. The van der Waals surface area contributed by atoms with Crippen molar-refractivity contribution in [3.8, 4) is 11.5 Å². The Bertz CT molecular complexity index is 481. The molecule has 0 aliphatic carbocycles. The Balaban J connectivity index is 1.99. The van der Waals surface area contributed by atoms with Crippen molar-refractivity contribution in [1.29, 1.82) is 0 Å². The van der Waals surface area contributed by atoms with E-state index in [1.54, 1.807) is 25.3 Å². The highest BCUT2D eigenvalue weighted by molar-refractivity contribution is 6.00. The molecular formula is C15H20O5. The highest BCUT2D eigenvalue weighted by Crippen LogP contribution is 2.35. The highest BCUT2D eigenvalue weighted by atomic mass is 16.7. The lowest BCUT2D eigenvalue weighted by Gasteiger charge is -2.31. The van der Waals surface area contributed by atoms with Crippen molar-refractivity contribution >= 4 is 5.78 Å². The summed E-state index contributed by atoms with van der Waals surface area (Å²) in [5.41, 5.74) is 0.134. The number of benzene rings is 1. The number of hydrogen-bond donors (Lipinski definition) is 0. The predicted molar refractivity (Wildman–Crippen MR) is 73.4 cm³/mol. The van der Waals surface area contributed by atoms with E-state index in [0.717, 1.165) is 0 Å². The Morgan fingerprint density at radius 2 is 2.10 bits per heavy atom. The van der Waals surface area contributed by atoms with Crippen molar-refractivity contribution in [3.05, 3.63) is 23.8 Å². The summed E-state index contributed by atoms with van der Waals surface area (Å²) in [6.45, 7) is 4.94. The molecule has 1 heterocycles. The van der Waals surface area contributed by atoms with Gasteiger partial charge in [-0.3, -0.25) is 4.79 Å². The van der Waals surface area contributed by atoms with Gasteiger partial charge in [-0.1, -0.05) is 0 Å². The molecule has 0 unspecified atom stereocenters. The van der Waals surface area contributed by atoms with Crippen LogP contribution < -0.4 is 9.47 Å². The lowest BCUT2D eigenvalue weighted by atomic mass is 9.93. The molecule has 0 aromatic heterocycles. The van der Waals surface area contributed by atoms with Gasteiger partial charge in [0.2, 0.25) is 0 Å². The van der Waals surface area contributed by atoms with Gasteiger partial charge in [0.25, 0.3) is 0 Å². The maximum Gasteiger partial charge on any atom is 0.189 e. The molecule has 1 aliphatic rings. The smallest absolute Gasteiger partial charge is 0.189 e. The zero-order valence-electron chi connectivity index (χ0n) is 12.1. The van der Waals surface area contributed by atoms with E-state index >= 15 is 0 Å². The molecule has 110 valence electrons. The number of methoxy groups -OCH3 is 1. The summed E-state index contributed by atoms with van der Waals surface area (Å²) in [7, 11) is 1.61. The van der Waals surface area contributed by atoms with E-state index in [9.17, 15) is 4.79 Å². The first-order chi connectivity index (χ1) is 9.52. The molecule has 1 aromatic rings. The monoisotopic (exact) mass is 280 g/mol. The number of ether oxygens (including phenoxy) is 4. The minimum Gasteiger partial charge on any atom is -0.486 e. The Morgan fingerprint density at radius 3 is 2.85 bits per heavy atom. The van der Waals surface area contributed by atoms with Gasteiger partial charge in [-0.05, 0) is 26.0 Å². The second-order valence-electron chi connectivity index (χ2n) is 5.28. The normalized spacial score (nSPS) is 16.4. The van der Waals surface area contributed by atoms with Gasteiger partial charge in [0.05, 0.1) is 25.2 Å². The van der Waals surface area contributed by atoms with Gasteiger partial charge >= 0.3 is 0 Å². The fourth-order valence-electron chi connectivity index (χ4n) is 2.03. The molecule has 0 fully saturated rings. The van der Waals surface area contributed by atoms with Crippen molar-refractivity contribution in [2.75, 3.05) is 27.1 Å². The van der Waals surface area contributed by atoms with Crippen molar-refractivity contribution in [2.45, 2.75) is 25.9 Å². The lowest BCUT2D eigenvalue weighted by Crippen LogP contribution is -2.35. The number of hydrogen-bond acceptors (Lipinski definition) is 5. The van der Waals surface area contributed by atoms with Crippen LogP contribution in [0.2, 0.25) is 0 Å². The molecule has 5 nitrogen and oxygen atoms in total. The first-order valence-corrected chi connectivity index (χ1v) is 6.57. The van der Waals surface area contributed by atoms with Crippen LogP contribution in [0.5, 0.6) is 11.5 Å². The van der Waals surface area contributed by atoms with E-state index in [1.165, 1.54) is 0 Å².